The van der Waals surface area contributed by atoms with E-state index in [0.717, 1.165) is 9.25 Å². The monoisotopic (exact) mass is 265 g/mol. The van der Waals surface area contributed by atoms with Gasteiger partial charge in [-0.2, -0.15) is 9.78 Å². The van der Waals surface area contributed by atoms with Crippen LogP contribution in [0.25, 0.3) is 5.69 Å². The second-order valence-electron chi connectivity index (χ2n) is 3.52. The van der Waals surface area contributed by atoms with E-state index in [4.69, 9.17) is 11.6 Å². The molecule has 0 aliphatic heterocycles. The molecule has 0 amide bonds. The number of halogens is 1. The fraction of sp³-hybridized carbons (Fsp3) is 0.0909. The number of carbonyl (C=O) groups is 1. The molecule has 92 valence electrons. The third-order valence-corrected chi connectivity index (χ3v) is 2.54. The first-order chi connectivity index (χ1) is 8.52. The third kappa shape index (κ3) is 1.98. The van der Waals surface area contributed by atoms with Gasteiger partial charge in [0.25, 0.3) is 10.8 Å². The number of aromatic nitrogens is 3. The highest BCUT2D eigenvalue weighted by Crippen LogP contribution is 2.02. The summed E-state index contributed by atoms with van der Waals surface area (Å²) in [4.78, 5) is 34.6. The van der Waals surface area contributed by atoms with Gasteiger partial charge in [0, 0.05) is 7.05 Å². The van der Waals surface area contributed by atoms with Gasteiger partial charge in [-0.3, -0.25) is 14.2 Å². The first-order valence-electron chi connectivity index (χ1n) is 4.98. The van der Waals surface area contributed by atoms with Gasteiger partial charge in [-0.25, -0.2) is 4.79 Å². The largest absolute Gasteiger partial charge is 0.351 e. The van der Waals surface area contributed by atoms with E-state index >= 15 is 0 Å². The van der Waals surface area contributed by atoms with Crippen LogP contribution in [0.3, 0.4) is 0 Å². The normalized spacial score (nSPS) is 10.3. The lowest BCUT2D eigenvalue weighted by atomic mass is 10.3. The minimum absolute atomic E-state index is 0.442. The van der Waals surface area contributed by atoms with Crippen LogP contribution in [0, 0.1) is 0 Å². The Morgan fingerprint density at radius 3 is 2.39 bits per heavy atom. The van der Waals surface area contributed by atoms with Crippen molar-refractivity contribution in [2.45, 2.75) is 0 Å². The number of hydrogen-bond acceptors (Lipinski definition) is 4. The summed E-state index contributed by atoms with van der Waals surface area (Å²) in [7, 11) is 1.26. The van der Waals surface area contributed by atoms with Crippen molar-refractivity contribution in [2.24, 2.45) is 7.05 Å². The standard InChI is InChI=1S/C11H8ClN3O3/c1-14-10(17)8(9(12)16)13-15(11(14)18)7-5-3-2-4-6-7/h2-6H,1H3. The molecular weight excluding hydrogens is 258 g/mol. The van der Waals surface area contributed by atoms with E-state index in [9.17, 15) is 14.4 Å². The van der Waals surface area contributed by atoms with Gasteiger partial charge in [0.1, 0.15) is 0 Å². The highest BCUT2D eigenvalue weighted by molar-refractivity contribution is 6.67. The molecule has 0 atom stereocenters. The molecule has 0 fully saturated rings. The van der Waals surface area contributed by atoms with Crippen LogP contribution in [0.1, 0.15) is 10.5 Å². The Hall–Kier alpha value is -2.21. The zero-order chi connectivity index (χ0) is 13.3. The van der Waals surface area contributed by atoms with Crippen molar-refractivity contribution in [3.63, 3.8) is 0 Å². The molecular formula is C11H8ClN3O3. The van der Waals surface area contributed by atoms with Crippen LogP contribution in [0.5, 0.6) is 0 Å². The number of carbonyl (C=O) groups excluding carboxylic acids is 1. The third-order valence-electron chi connectivity index (χ3n) is 2.36. The minimum atomic E-state index is -1.000. The second-order valence-corrected chi connectivity index (χ2v) is 3.86. The molecule has 0 radical (unpaired) electrons. The van der Waals surface area contributed by atoms with E-state index in [1.807, 2.05) is 0 Å². The maximum absolute atomic E-state index is 11.9. The van der Waals surface area contributed by atoms with Gasteiger partial charge >= 0.3 is 5.69 Å². The first kappa shape index (κ1) is 12.3. The van der Waals surface area contributed by atoms with Crippen molar-refractivity contribution < 1.29 is 4.79 Å². The van der Waals surface area contributed by atoms with Crippen molar-refractivity contribution >= 4 is 16.8 Å². The van der Waals surface area contributed by atoms with Gasteiger partial charge < -0.3 is 0 Å². The van der Waals surface area contributed by atoms with Crippen LogP contribution in [0.15, 0.2) is 39.9 Å². The first-order valence-corrected chi connectivity index (χ1v) is 5.36. The molecule has 0 spiro atoms. The Morgan fingerprint density at radius 2 is 1.83 bits per heavy atom. The highest BCUT2D eigenvalue weighted by atomic mass is 35.5. The quantitative estimate of drug-likeness (QED) is 0.733. The summed E-state index contributed by atoms with van der Waals surface area (Å²) in [6, 6.07) is 8.43. The number of hydrogen-bond donors (Lipinski definition) is 0. The van der Waals surface area contributed by atoms with Crippen molar-refractivity contribution in [3.8, 4) is 5.69 Å². The van der Waals surface area contributed by atoms with E-state index in [1.54, 1.807) is 30.3 Å². The molecule has 1 aromatic carbocycles. The summed E-state index contributed by atoms with van der Waals surface area (Å²) >= 11 is 5.26. The molecule has 6 nitrogen and oxygen atoms in total. The van der Waals surface area contributed by atoms with Crippen molar-refractivity contribution in [1.29, 1.82) is 0 Å². The maximum Gasteiger partial charge on any atom is 0.351 e. The lowest BCUT2D eigenvalue weighted by Gasteiger charge is -2.06. The van der Waals surface area contributed by atoms with E-state index in [-0.39, 0.29) is 0 Å². The molecule has 0 saturated carbocycles. The number of rotatable bonds is 2. The van der Waals surface area contributed by atoms with Gasteiger partial charge in [0.05, 0.1) is 5.69 Å². The maximum atomic E-state index is 11.9. The Bertz CT molecular complexity index is 719. The summed E-state index contributed by atoms with van der Waals surface area (Å²) in [6.07, 6.45) is 0. The zero-order valence-electron chi connectivity index (χ0n) is 9.33. The summed E-state index contributed by atoms with van der Waals surface area (Å²) in [5, 5.41) is 2.69. The Kier molecular flexibility index (Phi) is 3.12. The van der Waals surface area contributed by atoms with Crippen molar-refractivity contribution in [2.75, 3.05) is 0 Å². The van der Waals surface area contributed by atoms with Gasteiger partial charge in [-0.05, 0) is 23.7 Å². The molecule has 2 rings (SSSR count). The molecule has 18 heavy (non-hydrogen) atoms. The Balaban J connectivity index is 2.82. The molecule has 2 aromatic rings. The predicted octanol–water partition coefficient (Wildman–Crippen LogP) is 0.310. The van der Waals surface area contributed by atoms with Crippen molar-refractivity contribution in [3.05, 3.63) is 56.9 Å². The predicted molar refractivity (Wildman–Crippen MR) is 65.3 cm³/mol. The molecule has 0 bridgehead atoms. The molecule has 0 aliphatic rings. The lowest BCUT2D eigenvalue weighted by molar-refractivity contribution is 0.107. The Morgan fingerprint density at radius 1 is 1.22 bits per heavy atom. The van der Waals surface area contributed by atoms with Crippen LogP contribution in [-0.4, -0.2) is 19.6 Å². The molecule has 1 heterocycles. The van der Waals surface area contributed by atoms with Gasteiger partial charge in [-0.1, -0.05) is 18.2 Å². The number of benzene rings is 1. The smallest absolute Gasteiger partial charge is 0.274 e. The average molecular weight is 266 g/mol. The van der Waals surface area contributed by atoms with Crippen molar-refractivity contribution in [1.82, 2.24) is 14.3 Å². The zero-order valence-corrected chi connectivity index (χ0v) is 10.1. The highest BCUT2D eigenvalue weighted by Gasteiger charge is 2.16. The number of para-hydroxylation sites is 1. The lowest BCUT2D eigenvalue weighted by Crippen LogP contribution is -2.41. The van der Waals surface area contributed by atoms with Gasteiger partial charge in [-0.15, -0.1) is 0 Å². The van der Waals surface area contributed by atoms with Crippen LogP contribution >= 0.6 is 11.6 Å². The van der Waals surface area contributed by atoms with E-state index < -0.39 is 22.2 Å². The van der Waals surface area contributed by atoms with E-state index in [1.165, 1.54) is 7.05 Å². The molecule has 0 saturated heterocycles. The van der Waals surface area contributed by atoms with Crippen LogP contribution < -0.4 is 11.2 Å². The summed E-state index contributed by atoms with van der Waals surface area (Å²) in [5.41, 5.74) is -1.50. The fourth-order valence-corrected chi connectivity index (χ4v) is 1.55. The van der Waals surface area contributed by atoms with Gasteiger partial charge in [0.2, 0.25) is 5.69 Å². The molecule has 7 heteroatoms. The minimum Gasteiger partial charge on any atom is -0.274 e. The Labute approximate surface area is 106 Å². The molecule has 1 aromatic heterocycles. The topological polar surface area (TPSA) is 74.0 Å². The SMILES string of the molecule is Cn1c(=O)c(C(=O)Cl)nn(-c2ccccc2)c1=O. The second kappa shape index (κ2) is 4.58. The van der Waals surface area contributed by atoms with Gasteiger partial charge in [0.15, 0.2) is 0 Å². The summed E-state index contributed by atoms with van der Waals surface area (Å²) in [5.74, 6) is 0. The van der Waals surface area contributed by atoms with E-state index in [0.29, 0.717) is 5.69 Å². The summed E-state index contributed by atoms with van der Waals surface area (Å²) in [6.45, 7) is 0. The van der Waals surface area contributed by atoms with E-state index in [2.05, 4.69) is 5.10 Å². The van der Waals surface area contributed by atoms with Crippen LogP contribution in [-0.2, 0) is 7.05 Å². The van der Waals surface area contributed by atoms with Crippen LogP contribution in [0.4, 0.5) is 0 Å². The molecule has 0 N–H and O–H groups in total. The fourth-order valence-electron chi connectivity index (χ4n) is 1.43. The number of nitrogens with zero attached hydrogens (tertiary/aromatic N) is 3. The molecule has 0 aliphatic carbocycles. The van der Waals surface area contributed by atoms with Crippen LogP contribution in [0.2, 0.25) is 0 Å². The average Bonchev–Trinajstić information content (AvgIpc) is 2.37. The molecule has 0 unspecified atom stereocenters. The summed E-state index contributed by atoms with van der Waals surface area (Å²) < 4.78 is 1.74.